The van der Waals surface area contributed by atoms with E-state index in [-0.39, 0.29) is 5.37 Å². The smallest absolute Gasteiger partial charge is 0.234 e. The minimum absolute atomic E-state index is 0.0411. The summed E-state index contributed by atoms with van der Waals surface area (Å²) in [6.45, 7) is 5.99. The van der Waals surface area contributed by atoms with Gasteiger partial charge in [-0.05, 0) is 38.5 Å². The van der Waals surface area contributed by atoms with Gasteiger partial charge in [-0.1, -0.05) is 65.1 Å². The molecule has 0 radical (unpaired) electrons. The normalized spacial score (nSPS) is 16.5. The fourth-order valence-electron chi connectivity index (χ4n) is 2.96. The second-order valence-corrected chi connectivity index (χ2v) is 9.14. The first-order chi connectivity index (χ1) is 14.5. The number of nitrogens with one attached hydrogen (secondary N) is 1. The lowest BCUT2D eigenvalue weighted by Gasteiger charge is -2.25. The first kappa shape index (κ1) is 20.4. The van der Waals surface area contributed by atoms with Crippen molar-refractivity contribution in [1.29, 1.82) is 0 Å². The molecule has 0 saturated heterocycles. The number of hydrogen-bond acceptors (Lipinski definition) is 7. The molecule has 0 aliphatic carbocycles. The van der Waals surface area contributed by atoms with Crippen molar-refractivity contribution in [3.05, 3.63) is 64.7 Å². The van der Waals surface area contributed by atoms with E-state index in [0.29, 0.717) is 11.1 Å². The number of thioether (sulfide) groups is 1. The first-order valence-electron chi connectivity index (χ1n) is 9.40. The van der Waals surface area contributed by atoms with Crippen molar-refractivity contribution in [2.24, 2.45) is 10.1 Å². The molecule has 154 valence electrons. The maximum atomic E-state index is 5.51. The van der Waals surface area contributed by atoms with Gasteiger partial charge in [-0.25, -0.2) is 5.01 Å². The van der Waals surface area contributed by atoms with Crippen LogP contribution >= 0.6 is 23.1 Å². The summed E-state index contributed by atoms with van der Waals surface area (Å²) in [6, 6.07) is 16.2. The molecule has 30 heavy (non-hydrogen) atoms. The topological polar surface area (TPSA) is 75.0 Å². The summed E-state index contributed by atoms with van der Waals surface area (Å²) in [4.78, 5) is 4.76. The molecule has 1 N–H and O–H groups in total. The second-order valence-electron chi connectivity index (χ2n) is 6.71. The van der Waals surface area contributed by atoms with Crippen molar-refractivity contribution in [3.8, 4) is 5.75 Å². The molecular formula is C21H22N6OS2. The molecule has 0 unspecified atom stereocenters. The lowest BCUT2D eigenvalue weighted by molar-refractivity contribution is 0.415. The van der Waals surface area contributed by atoms with Crippen LogP contribution in [0.4, 0.5) is 10.8 Å². The summed E-state index contributed by atoms with van der Waals surface area (Å²) in [6.07, 6.45) is 0. The number of para-hydroxylation sites is 2. The average Bonchev–Trinajstić information content (AvgIpc) is 3.33. The van der Waals surface area contributed by atoms with E-state index in [1.807, 2.05) is 43.1 Å². The van der Waals surface area contributed by atoms with Crippen LogP contribution in [0.15, 0.2) is 58.6 Å². The van der Waals surface area contributed by atoms with Crippen LogP contribution in [0.2, 0.25) is 0 Å². The number of hydrazone groups is 1. The Morgan fingerprint density at radius 2 is 1.83 bits per heavy atom. The molecule has 1 aromatic heterocycles. The second kappa shape index (κ2) is 8.85. The predicted octanol–water partition coefficient (Wildman–Crippen LogP) is 5.34. The molecule has 0 fully saturated rings. The summed E-state index contributed by atoms with van der Waals surface area (Å²) in [7, 11) is 1.65. The van der Waals surface area contributed by atoms with Crippen LogP contribution in [0.3, 0.4) is 0 Å². The lowest BCUT2D eigenvalue weighted by atomic mass is 10.1. The number of rotatable bonds is 4. The number of aryl methyl sites for hydroxylation is 2. The standard InChI is InChI=1S/C21H22N6OS2/c1-13-9-11-16(12-10-13)19-27(26-15(3)29-19)20(23-21-25-24-14(2)30-21)22-17-7-5-6-8-18(17)28-4/h5-12,19H,1-4H3,(H,22,23,25)/t19-/m1/s1. The fourth-order valence-corrected chi connectivity index (χ4v) is 4.52. The van der Waals surface area contributed by atoms with Crippen molar-refractivity contribution in [1.82, 2.24) is 15.2 Å². The van der Waals surface area contributed by atoms with Crippen LogP contribution in [-0.2, 0) is 0 Å². The number of aliphatic imine (C=N–C) groups is 1. The minimum Gasteiger partial charge on any atom is -0.495 e. The third-order valence-electron chi connectivity index (χ3n) is 4.40. The summed E-state index contributed by atoms with van der Waals surface area (Å²) in [5.41, 5.74) is 3.16. The molecule has 7 nitrogen and oxygen atoms in total. The predicted molar refractivity (Wildman–Crippen MR) is 125 cm³/mol. The number of hydrogen-bond donors (Lipinski definition) is 1. The first-order valence-corrected chi connectivity index (χ1v) is 11.1. The molecule has 0 amide bonds. The van der Waals surface area contributed by atoms with Gasteiger partial charge in [-0.2, -0.15) is 10.1 Å². The number of ether oxygens (including phenoxy) is 1. The van der Waals surface area contributed by atoms with Crippen molar-refractivity contribution in [2.45, 2.75) is 26.1 Å². The number of nitrogens with zero attached hydrogens (tertiary/aromatic N) is 5. The van der Waals surface area contributed by atoms with E-state index in [4.69, 9.17) is 14.8 Å². The zero-order valence-electron chi connectivity index (χ0n) is 17.2. The number of benzene rings is 2. The zero-order chi connectivity index (χ0) is 21.1. The summed E-state index contributed by atoms with van der Waals surface area (Å²) < 4.78 is 5.51. The van der Waals surface area contributed by atoms with Crippen LogP contribution in [0.1, 0.15) is 28.4 Å². The molecular weight excluding hydrogens is 416 g/mol. The Balaban J connectivity index is 1.75. The monoisotopic (exact) mass is 438 g/mol. The Kier molecular flexibility index (Phi) is 6.01. The van der Waals surface area contributed by atoms with Gasteiger partial charge in [0.05, 0.1) is 17.8 Å². The maximum absolute atomic E-state index is 5.51. The van der Waals surface area contributed by atoms with E-state index in [0.717, 1.165) is 27.1 Å². The van der Waals surface area contributed by atoms with Crippen LogP contribution in [-0.4, -0.2) is 33.3 Å². The molecule has 2 aromatic carbocycles. The van der Waals surface area contributed by atoms with E-state index in [2.05, 4.69) is 46.7 Å². The molecule has 0 saturated carbocycles. The highest BCUT2D eigenvalue weighted by Crippen LogP contribution is 2.40. The molecule has 4 rings (SSSR count). The third-order valence-corrected chi connectivity index (χ3v) is 6.25. The van der Waals surface area contributed by atoms with E-state index in [9.17, 15) is 0 Å². The molecule has 9 heteroatoms. The Morgan fingerprint density at radius 1 is 1.07 bits per heavy atom. The largest absolute Gasteiger partial charge is 0.495 e. The Morgan fingerprint density at radius 3 is 2.53 bits per heavy atom. The maximum Gasteiger partial charge on any atom is 0.234 e. The van der Waals surface area contributed by atoms with Gasteiger partial charge in [0.2, 0.25) is 11.1 Å². The van der Waals surface area contributed by atoms with Crippen LogP contribution in [0.5, 0.6) is 5.75 Å². The highest BCUT2D eigenvalue weighted by atomic mass is 32.2. The highest BCUT2D eigenvalue weighted by molar-refractivity contribution is 8.14. The zero-order valence-corrected chi connectivity index (χ0v) is 18.8. The van der Waals surface area contributed by atoms with Crippen LogP contribution in [0.25, 0.3) is 0 Å². The molecule has 1 aliphatic rings. The van der Waals surface area contributed by atoms with E-state index in [1.54, 1.807) is 18.9 Å². The van der Waals surface area contributed by atoms with Gasteiger partial charge in [0.15, 0.2) is 0 Å². The Labute approximate surface area is 183 Å². The van der Waals surface area contributed by atoms with E-state index < -0.39 is 0 Å². The van der Waals surface area contributed by atoms with Crippen molar-refractivity contribution >= 4 is 44.9 Å². The number of guanidine groups is 1. The van der Waals surface area contributed by atoms with E-state index in [1.165, 1.54) is 16.9 Å². The SMILES string of the molecule is COc1ccccc1NC(=Nc1nnc(C)s1)N1N=C(C)S[C@@H]1c1ccc(C)cc1. The highest BCUT2D eigenvalue weighted by Gasteiger charge is 2.31. The molecule has 1 atom stereocenters. The number of aromatic nitrogens is 2. The summed E-state index contributed by atoms with van der Waals surface area (Å²) >= 11 is 3.12. The van der Waals surface area contributed by atoms with Crippen molar-refractivity contribution in [2.75, 3.05) is 12.4 Å². The van der Waals surface area contributed by atoms with Crippen LogP contribution < -0.4 is 10.1 Å². The van der Waals surface area contributed by atoms with Crippen LogP contribution in [0, 0.1) is 13.8 Å². The van der Waals surface area contributed by atoms with Gasteiger partial charge >= 0.3 is 0 Å². The molecule has 2 heterocycles. The van der Waals surface area contributed by atoms with Gasteiger partial charge in [-0.3, -0.25) is 0 Å². The third kappa shape index (κ3) is 4.47. The Hall–Kier alpha value is -2.91. The van der Waals surface area contributed by atoms with Gasteiger partial charge in [0.1, 0.15) is 16.1 Å². The van der Waals surface area contributed by atoms with E-state index >= 15 is 0 Å². The van der Waals surface area contributed by atoms with Gasteiger partial charge in [-0.15, -0.1) is 10.2 Å². The minimum atomic E-state index is -0.0411. The summed E-state index contributed by atoms with van der Waals surface area (Å²) in [5.74, 6) is 1.28. The van der Waals surface area contributed by atoms with Gasteiger partial charge in [0.25, 0.3) is 0 Å². The Bertz CT molecular complexity index is 1090. The average molecular weight is 439 g/mol. The number of anilines is 1. The van der Waals surface area contributed by atoms with Crippen molar-refractivity contribution < 1.29 is 4.74 Å². The summed E-state index contributed by atoms with van der Waals surface area (Å²) in [5, 5.41) is 20.7. The van der Waals surface area contributed by atoms with Gasteiger partial charge < -0.3 is 10.1 Å². The molecule has 1 aliphatic heterocycles. The number of methoxy groups -OCH3 is 1. The van der Waals surface area contributed by atoms with Gasteiger partial charge in [0, 0.05) is 0 Å². The molecule has 0 spiro atoms. The fraction of sp³-hybridized carbons (Fsp3) is 0.238. The quantitative estimate of drug-likeness (QED) is 0.437. The molecule has 3 aromatic rings. The van der Waals surface area contributed by atoms with Crippen molar-refractivity contribution in [3.63, 3.8) is 0 Å². The molecule has 0 bridgehead atoms. The lowest BCUT2D eigenvalue weighted by Crippen LogP contribution is -2.32.